The van der Waals surface area contributed by atoms with Crippen molar-refractivity contribution in [1.29, 1.82) is 0 Å². The molecule has 0 aliphatic heterocycles. The van der Waals surface area contributed by atoms with Gasteiger partial charge in [-0.05, 0) is 18.9 Å². The SMILES string of the molecule is CN(C)c1ccnc(S(N)(=O)=O)c1OC1CC1. The monoisotopic (exact) mass is 257 g/mol. The molecule has 0 spiro atoms. The van der Waals surface area contributed by atoms with E-state index in [-0.39, 0.29) is 16.9 Å². The van der Waals surface area contributed by atoms with Crippen LogP contribution in [0.2, 0.25) is 0 Å². The maximum Gasteiger partial charge on any atom is 0.259 e. The maximum atomic E-state index is 11.4. The highest BCUT2D eigenvalue weighted by molar-refractivity contribution is 7.89. The summed E-state index contributed by atoms with van der Waals surface area (Å²) in [5, 5.41) is 4.94. The molecule has 0 saturated heterocycles. The minimum atomic E-state index is -3.87. The largest absolute Gasteiger partial charge is 0.485 e. The summed E-state index contributed by atoms with van der Waals surface area (Å²) in [5.74, 6) is 0.252. The normalized spacial score (nSPS) is 15.7. The predicted octanol–water partition coefficient (Wildman–Crippen LogP) is 0.336. The number of sulfonamides is 1. The van der Waals surface area contributed by atoms with Crippen molar-refractivity contribution in [2.24, 2.45) is 5.14 Å². The third-order valence-corrected chi connectivity index (χ3v) is 3.24. The van der Waals surface area contributed by atoms with Gasteiger partial charge in [0, 0.05) is 20.3 Å². The average Bonchev–Trinajstić information content (AvgIpc) is 3.00. The lowest BCUT2D eigenvalue weighted by Crippen LogP contribution is -2.19. The second kappa shape index (κ2) is 4.15. The van der Waals surface area contributed by atoms with Crippen molar-refractivity contribution in [2.45, 2.75) is 24.0 Å². The quantitative estimate of drug-likeness (QED) is 0.840. The molecule has 0 bridgehead atoms. The van der Waals surface area contributed by atoms with Crippen LogP contribution in [0.5, 0.6) is 5.75 Å². The number of rotatable bonds is 4. The van der Waals surface area contributed by atoms with Crippen LogP contribution in [0.25, 0.3) is 0 Å². The summed E-state index contributed by atoms with van der Waals surface area (Å²) in [6.07, 6.45) is 3.37. The lowest BCUT2D eigenvalue weighted by Gasteiger charge is -2.19. The van der Waals surface area contributed by atoms with E-state index in [2.05, 4.69) is 4.98 Å². The summed E-state index contributed by atoms with van der Waals surface area (Å²) >= 11 is 0. The molecule has 94 valence electrons. The Kier molecular flexibility index (Phi) is 2.96. The Hall–Kier alpha value is -1.34. The van der Waals surface area contributed by atoms with Gasteiger partial charge in [-0.25, -0.2) is 18.5 Å². The molecular formula is C10H15N3O3S. The van der Waals surface area contributed by atoms with Gasteiger partial charge in [0.15, 0.2) is 5.75 Å². The molecule has 1 fully saturated rings. The van der Waals surface area contributed by atoms with Crippen molar-refractivity contribution in [3.8, 4) is 5.75 Å². The minimum Gasteiger partial charge on any atom is -0.485 e. The molecule has 1 aliphatic rings. The van der Waals surface area contributed by atoms with E-state index in [9.17, 15) is 8.42 Å². The van der Waals surface area contributed by atoms with E-state index in [1.165, 1.54) is 6.20 Å². The van der Waals surface area contributed by atoms with Gasteiger partial charge in [0.1, 0.15) is 0 Å². The number of pyridine rings is 1. The molecule has 1 aliphatic carbocycles. The molecule has 2 N–H and O–H groups in total. The lowest BCUT2D eigenvalue weighted by molar-refractivity contribution is 0.293. The molecule has 0 amide bonds. The van der Waals surface area contributed by atoms with Crippen molar-refractivity contribution in [3.63, 3.8) is 0 Å². The summed E-state index contributed by atoms with van der Waals surface area (Å²) < 4.78 is 28.5. The first kappa shape index (κ1) is 12.1. The van der Waals surface area contributed by atoms with Gasteiger partial charge in [0.05, 0.1) is 11.8 Å². The molecule has 7 heteroatoms. The Balaban J connectivity index is 2.53. The molecule has 0 radical (unpaired) electrons. The second-order valence-corrected chi connectivity index (χ2v) is 5.70. The molecule has 2 rings (SSSR count). The van der Waals surface area contributed by atoms with E-state index in [0.29, 0.717) is 5.69 Å². The van der Waals surface area contributed by atoms with E-state index in [1.807, 2.05) is 14.1 Å². The number of ether oxygens (including phenoxy) is 1. The van der Waals surface area contributed by atoms with Crippen LogP contribution in [0.4, 0.5) is 5.69 Å². The Bertz CT molecular complexity index is 524. The van der Waals surface area contributed by atoms with Crippen LogP contribution in [0.15, 0.2) is 17.3 Å². The molecule has 1 heterocycles. The highest BCUT2D eigenvalue weighted by atomic mass is 32.2. The molecular weight excluding hydrogens is 242 g/mol. The number of hydrogen-bond acceptors (Lipinski definition) is 5. The number of primary sulfonamides is 1. The fourth-order valence-corrected chi connectivity index (χ4v) is 2.06. The molecule has 6 nitrogen and oxygen atoms in total. The first-order chi connectivity index (χ1) is 7.89. The van der Waals surface area contributed by atoms with Gasteiger partial charge in [0.2, 0.25) is 5.03 Å². The highest BCUT2D eigenvalue weighted by Gasteiger charge is 2.29. The summed E-state index contributed by atoms with van der Waals surface area (Å²) in [5.41, 5.74) is 0.663. The zero-order chi connectivity index (χ0) is 12.6. The van der Waals surface area contributed by atoms with E-state index in [1.54, 1.807) is 11.0 Å². The molecule has 0 aromatic carbocycles. The van der Waals surface area contributed by atoms with Crippen LogP contribution in [-0.2, 0) is 10.0 Å². The van der Waals surface area contributed by atoms with Gasteiger partial charge in [-0.2, -0.15) is 0 Å². The van der Waals surface area contributed by atoms with Crippen molar-refractivity contribution < 1.29 is 13.2 Å². The zero-order valence-corrected chi connectivity index (χ0v) is 10.6. The minimum absolute atomic E-state index is 0.0819. The standard InChI is InChI=1S/C10H15N3O3S/c1-13(2)8-5-6-12-10(17(11,14)15)9(8)16-7-3-4-7/h5-7H,3-4H2,1-2H3,(H2,11,14,15). The van der Waals surface area contributed by atoms with Crippen molar-refractivity contribution >= 4 is 15.7 Å². The van der Waals surface area contributed by atoms with Crippen LogP contribution < -0.4 is 14.8 Å². The summed E-state index contributed by atoms with van der Waals surface area (Å²) in [6, 6.07) is 1.70. The summed E-state index contributed by atoms with van der Waals surface area (Å²) in [4.78, 5) is 5.58. The number of hydrogen-bond donors (Lipinski definition) is 1. The third-order valence-electron chi connectivity index (χ3n) is 2.41. The number of aromatic nitrogens is 1. The van der Waals surface area contributed by atoms with Crippen LogP contribution in [0.1, 0.15) is 12.8 Å². The molecule has 0 unspecified atom stereocenters. The third kappa shape index (κ3) is 2.67. The molecule has 1 saturated carbocycles. The highest BCUT2D eigenvalue weighted by Crippen LogP contribution is 2.36. The van der Waals surface area contributed by atoms with Crippen LogP contribution in [0.3, 0.4) is 0 Å². The number of nitrogens with two attached hydrogens (primary N) is 1. The van der Waals surface area contributed by atoms with Crippen molar-refractivity contribution in [2.75, 3.05) is 19.0 Å². The van der Waals surface area contributed by atoms with E-state index < -0.39 is 10.0 Å². The molecule has 1 aromatic rings. The molecule has 0 atom stereocenters. The second-order valence-electron chi connectivity index (χ2n) is 4.22. The Morgan fingerprint density at radius 3 is 2.59 bits per heavy atom. The molecule has 1 aromatic heterocycles. The first-order valence-electron chi connectivity index (χ1n) is 5.25. The van der Waals surface area contributed by atoms with Gasteiger partial charge in [-0.15, -0.1) is 0 Å². The van der Waals surface area contributed by atoms with E-state index in [0.717, 1.165) is 12.8 Å². The van der Waals surface area contributed by atoms with Crippen molar-refractivity contribution in [3.05, 3.63) is 12.3 Å². The van der Waals surface area contributed by atoms with Crippen LogP contribution in [0, 0.1) is 0 Å². The topological polar surface area (TPSA) is 85.5 Å². The fourth-order valence-electron chi connectivity index (χ4n) is 1.44. The smallest absolute Gasteiger partial charge is 0.259 e. The van der Waals surface area contributed by atoms with Gasteiger partial charge < -0.3 is 9.64 Å². The van der Waals surface area contributed by atoms with Gasteiger partial charge >= 0.3 is 0 Å². The van der Waals surface area contributed by atoms with Crippen LogP contribution in [-0.4, -0.2) is 33.6 Å². The first-order valence-corrected chi connectivity index (χ1v) is 6.80. The predicted molar refractivity (Wildman–Crippen MR) is 63.6 cm³/mol. The summed E-state index contributed by atoms with van der Waals surface area (Å²) in [7, 11) is -0.255. The van der Waals surface area contributed by atoms with Crippen LogP contribution >= 0.6 is 0 Å². The molecule has 17 heavy (non-hydrogen) atoms. The number of nitrogens with zero attached hydrogens (tertiary/aromatic N) is 2. The zero-order valence-electron chi connectivity index (χ0n) is 9.75. The Morgan fingerprint density at radius 1 is 1.47 bits per heavy atom. The Labute approximate surface area is 100 Å². The van der Waals surface area contributed by atoms with E-state index in [4.69, 9.17) is 9.88 Å². The lowest BCUT2D eigenvalue weighted by atomic mass is 10.3. The van der Waals surface area contributed by atoms with E-state index >= 15 is 0 Å². The van der Waals surface area contributed by atoms with Gasteiger partial charge in [0.25, 0.3) is 10.0 Å². The maximum absolute atomic E-state index is 11.4. The summed E-state index contributed by atoms with van der Waals surface area (Å²) in [6.45, 7) is 0. The average molecular weight is 257 g/mol. The number of anilines is 1. The van der Waals surface area contributed by atoms with Gasteiger partial charge in [-0.3, -0.25) is 0 Å². The fraction of sp³-hybridized carbons (Fsp3) is 0.500. The Morgan fingerprint density at radius 2 is 2.12 bits per heavy atom. The van der Waals surface area contributed by atoms with Gasteiger partial charge in [-0.1, -0.05) is 0 Å². The van der Waals surface area contributed by atoms with Crippen molar-refractivity contribution in [1.82, 2.24) is 4.98 Å².